The van der Waals surface area contributed by atoms with E-state index < -0.39 is 0 Å². The highest BCUT2D eigenvalue weighted by molar-refractivity contribution is 7.18. The summed E-state index contributed by atoms with van der Waals surface area (Å²) in [5.74, 6) is 0.718. The molecule has 1 atom stereocenters. The maximum absolute atomic E-state index is 6.22. The number of anilines is 1. The highest BCUT2D eigenvalue weighted by Gasteiger charge is 2.22. The van der Waals surface area contributed by atoms with E-state index in [4.69, 9.17) is 16.2 Å². The van der Waals surface area contributed by atoms with Crippen LogP contribution in [0.4, 0.5) is 5.69 Å². The Morgan fingerprint density at radius 3 is 2.85 bits per heavy atom. The van der Waals surface area contributed by atoms with Crippen LogP contribution in [0.5, 0.6) is 5.75 Å². The van der Waals surface area contributed by atoms with Crippen LogP contribution in [0.3, 0.4) is 0 Å². The van der Waals surface area contributed by atoms with Crippen molar-refractivity contribution < 1.29 is 4.74 Å². The maximum atomic E-state index is 6.22. The van der Waals surface area contributed by atoms with Crippen molar-refractivity contribution in [3.05, 3.63) is 53.7 Å². The Morgan fingerprint density at radius 1 is 1.23 bits per heavy atom. The standard InChI is InChI=1S/C21H23N3OS/c1-12(2)25-19-9-6-13(10-18(19)23)21-24-11-20(26-21)16-5-3-4-15-14(16)7-8-17(15)22/h3-6,9-12,17H,7-8,22-23H2,1-2H3/t17-/m0/s1. The topological polar surface area (TPSA) is 74.2 Å². The fourth-order valence-electron chi connectivity index (χ4n) is 3.49. The largest absolute Gasteiger partial charge is 0.489 e. The lowest BCUT2D eigenvalue weighted by Gasteiger charge is -2.12. The van der Waals surface area contributed by atoms with Crippen molar-refractivity contribution in [2.24, 2.45) is 5.73 Å². The van der Waals surface area contributed by atoms with Crippen LogP contribution in [-0.4, -0.2) is 11.1 Å². The molecule has 0 spiro atoms. The highest BCUT2D eigenvalue weighted by Crippen LogP contribution is 2.40. The van der Waals surface area contributed by atoms with Gasteiger partial charge in [0.25, 0.3) is 0 Å². The zero-order chi connectivity index (χ0) is 18.3. The van der Waals surface area contributed by atoms with Crippen LogP contribution in [0, 0.1) is 0 Å². The molecule has 26 heavy (non-hydrogen) atoms. The van der Waals surface area contributed by atoms with Gasteiger partial charge in [0.2, 0.25) is 0 Å². The first-order valence-electron chi connectivity index (χ1n) is 8.93. The van der Waals surface area contributed by atoms with E-state index in [1.807, 2.05) is 38.2 Å². The van der Waals surface area contributed by atoms with Gasteiger partial charge in [0.15, 0.2) is 0 Å². The monoisotopic (exact) mass is 365 g/mol. The molecule has 1 aliphatic rings. The highest BCUT2D eigenvalue weighted by atomic mass is 32.1. The number of fused-ring (bicyclic) bond motifs is 1. The molecular formula is C21H23N3OS. The first-order valence-corrected chi connectivity index (χ1v) is 9.74. The Kier molecular flexibility index (Phi) is 4.42. The van der Waals surface area contributed by atoms with E-state index in [2.05, 4.69) is 23.2 Å². The number of thiazole rings is 1. The Balaban J connectivity index is 1.67. The molecule has 0 radical (unpaired) electrons. The van der Waals surface area contributed by atoms with Gasteiger partial charge >= 0.3 is 0 Å². The van der Waals surface area contributed by atoms with Gasteiger partial charge in [-0.2, -0.15) is 0 Å². The van der Waals surface area contributed by atoms with Crippen LogP contribution in [0.1, 0.15) is 37.4 Å². The molecular weight excluding hydrogens is 342 g/mol. The summed E-state index contributed by atoms with van der Waals surface area (Å²) < 4.78 is 5.72. The third-order valence-electron chi connectivity index (χ3n) is 4.71. The Hall–Kier alpha value is -2.37. The van der Waals surface area contributed by atoms with E-state index in [0.717, 1.165) is 29.2 Å². The van der Waals surface area contributed by atoms with Gasteiger partial charge in [-0.25, -0.2) is 4.98 Å². The molecule has 134 valence electrons. The predicted molar refractivity (Wildman–Crippen MR) is 108 cm³/mol. The van der Waals surface area contributed by atoms with Crippen molar-refractivity contribution in [3.63, 3.8) is 0 Å². The summed E-state index contributed by atoms with van der Waals surface area (Å²) in [6.45, 7) is 3.98. The molecule has 0 bridgehead atoms. The molecule has 4 rings (SSSR count). The summed E-state index contributed by atoms with van der Waals surface area (Å²) in [5.41, 5.74) is 17.9. The molecule has 1 heterocycles. The number of hydrogen-bond donors (Lipinski definition) is 2. The van der Waals surface area contributed by atoms with Crippen molar-refractivity contribution in [2.75, 3.05) is 5.73 Å². The zero-order valence-corrected chi connectivity index (χ0v) is 15.8. The van der Waals surface area contributed by atoms with Gasteiger partial charge in [-0.1, -0.05) is 18.2 Å². The Bertz CT molecular complexity index is 948. The molecule has 1 aliphatic carbocycles. The fourth-order valence-corrected chi connectivity index (χ4v) is 4.46. The van der Waals surface area contributed by atoms with E-state index in [-0.39, 0.29) is 12.1 Å². The van der Waals surface area contributed by atoms with Crippen LogP contribution >= 0.6 is 11.3 Å². The molecule has 4 nitrogen and oxygen atoms in total. The van der Waals surface area contributed by atoms with E-state index in [1.165, 1.54) is 21.6 Å². The molecule has 2 aromatic carbocycles. The van der Waals surface area contributed by atoms with Crippen molar-refractivity contribution in [1.82, 2.24) is 4.98 Å². The van der Waals surface area contributed by atoms with Gasteiger partial charge in [0, 0.05) is 17.8 Å². The van der Waals surface area contributed by atoms with Crippen LogP contribution in [0.25, 0.3) is 21.0 Å². The molecule has 5 heteroatoms. The fraction of sp³-hybridized carbons (Fsp3) is 0.286. The number of benzene rings is 2. The van der Waals surface area contributed by atoms with Gasteiger partial charge in [0.1, 0.15) is 10.8 Å². The predicted octanol–water partition coefficient (Wildman–Crippen LogP) is 4.79. The Labute approximate surface area is 157 Å². The molecule has 0 saturated heterocycles. The molecule has 0 amide bonds. The average Bonchev–Trinajstić information content (AvgIpc) is 3.24. The molecule has 4 N–H and O–H groups in total. The van der Waals surface area contributed by atoms with Crippen molar-refractivity contribution in [2.45, 2.75) is 38.8 Å². The van der Waals surface area contributed by atoms with Crippen LogP contribution in [-0.2, 0) is 6.42 Å². The first kappa shape index (κ1) is 17.1. The second-order valence-corrected chi connectivity index (χ2v) is 8.00. The van der Waals surface area contributed by atoms with Crippen LogP contribution in [0.2, 0.25) is 0 Å². The summed E-state index contributed by atoms with van der Waals surface area (Å²) in [4.78, 5) is 5.80. The van der Waals surface area contributed by atoms with E-state index in [1.54, 1.807) is 11.3 Å². The van der Waals surface area contributed by atoms with Crippen LogP contribution < -0.4 is 16.2 Å². The van der Waals surface area contributed by atoms with Gasteiger partial charge in [-0.3, -0.25) is 0 Å². The minimum Gasteiger partial charge on any atom is -0.489 e. The number of ether oxygens (including phenoxy) is 1. The van der Waals surface area contributed by atoms with E-state index >= 15 is 0 Å². The third kappa shape index (κ3) is 3.08. The first-order chi connectivity index (χ1) is 12.5. The number of hydrogen-bond acceptors (Lipinski definition) is 5. The number of nitrogens with two attached hydrogens (primary N) is 2. The molecule has 0 aliphatic heterocycles. The van der Waals surface area contributed by atoms with Crippen molar-refractivity contribution in [1.29, 1.82) is 0 Å². The summed E-state index contributed by atoms with van der Waals surface area (Å²) in [6, 6.07) is 12.4. The zero-order valence-electron chi connectivity index (χ0n) is 15.0. The molecule has 1 aromatic heterocycles. The second-order valence-electron chi connectivity index (χ2n) is 6.97. The summed E-state index contributed by atoms with van der Waals surface area (Å²) in [6.07, 6.45) is 4.11. The minimum atomic E-state index is 0.0983. The van der Waals surface area contributed by atoms with Gasteiger partial charge in [-0.15, -0.1) is 11.3 Å². The van der Waals surface area contributed by atoms with Crippen molar-refractivity contribution in [3.8, 4) is 26.8 Å². The Morgan fingerprint density at radius 2 is 2.08 bits per heavy atom. The van der Waals surface area contributed by atoms with E-state index in [0.29, 0.717) is 5.69 Å². The normalized spacial score (nSPS) is 16.1. The lowest BCUT2D eigenvalue weighted by Crippen LogP contribution is -2.07. The molecule has 0 fully saturated rings. The van der Waals surface area contributed by atoms with Crippen molar-refractivity contribution >= 4 is 17.0 Å². The van der Waals surface area contributed by atoms with Gasteiger partial charge in [-0.05, 0) is 61.6 Å². The van der Waals surface area contributed by atoms with Gasteiger partial charge in [0.05, 0.1) is 16.7 Å². The summed E-state index contributed by atoms with van der Waals surface area (Å²) >= 11 is 1.69. The number of nitrogens with zero attached hydrogens (tertiary/aromatic N) is 1. The quantitative estimate of drug-likeness (QED) is 0.652. The van der Waals surface area contributed by atoms with Gasteiger partial charge < -0.3 is 16.2 Å². The maximum Gasteiger partial charge on any atom is 0.142 e. The lowest BCUT2D eigenvalue weighted by atomic mass is 10.0. The third-order valence-corrected chi connectivity index (χ3v) is 5.79. The summed E-state index contributed by atoms with van der Waals surface area (Å²) in [5, 5.41) is 0.961. The number of nitrogen functional groups attached to an aromatic ring is 1. The number of rotatable bonds is 4. The smallest absolute Gasteiger partial charge is 0.142 e. The SMILES string of the molecule is CC(C)Oc1ccc(-c2ncc(-c3cccc4c3CC[C@@H]4N)s2)cc1N. The number of aromatic nitrogens is 1. The van der Waals surface area contributed by atoms with E-state index in [9.17, 15) is 0 Å². The minimum absolute atomic E-state index is 0.0983. The average molecular weight is 366 g/mol. The summed E-state index contributed by atoms with van der Waals surface area (Å²) in [7, 11) is 0. The van der Waals surface area contributed by atoms with Crippen LogP contribution in [0.15, 0.2) is 42.6 Å². The lowest BCUT2D eigenvalue weighted by molar-refractivity contribution is 0.244. The second kappa shape index (κ2) is 6.74. The molecule has 3 aromatic rings. The molecule has 0 unspecified atom stereocenters. The molecule has 0 saturated carbocycles.